The van der Waals surface area contributed by atoms with Gasteiger partial charge in [0.15, 0.2) is 5.82 Å². The van der Waals surface area contributed by atoms with Crippen LogP contribution in [0.15, 0.2) is 59.1 Å². The number of halogens is 2. The summed E-state index contributed by atoms with van der Waals surface area (Å²) in [4.78, 5) is 4.58. The largest absolute Gasteiger partial charge is 0.396 e. The number of benzene rings is 2. The fraction of sp³-hybridized carbons (Fsp3) is 0.200. The maximum absolute atomic E-state index is 13.3. The Morgan fingerprint density at radius 2 is 2.00 bits per heavy atom. The molecule has 0 saturated carbocycles. The summed E-state index contributed by atoms with van der Waals surface area (Å²) in [5.41, 5.74) is 2.79. The normalized spacial score (nSPS) is 15.8. The molecule has 0 radical (unpaired) electrons. The number of nitrogens with one attached hydrogen (secondary N) is 1. The van der Waals surface area contributed by atoms with Gasteiger partial charge in [-0.25, -0.2) is 9.07 Å². The van der Waals surface area contributed by atoms with Crippen molar-refractivity contribution in [3.8, 4) is 0 Å². The predicted molar refractivity (Wildman–Crippen MR) is 106 cm³/mol. The van der Waals surface area contributed by atoms with E-state index in [1.807, 2.05) is 28.9 Å². The van der Waals surface area contributed by atoms with Gasteiger partial charge in [0.05, 0.1) is 0 Å². The third-order valence-corrected chi connectivity index (χ3v) is 4.91. The van der Waals surface area contributed by atoms with Gasteiger partial charge in [-0.3, -0.25) is 0 Å². The van der Waals surface area contributed by atoms with Crippen LogP contribution in [0.1, 0.15) is 29.4 Å². The van der Waals surface area contributed by atoms with Crippen LogP contribution in [-0.4, -0.2) is 26.5 Å². The van der Waals surface area contributed by atoms with Crippen molar-refractivity contribution in [1.29, 1.82) is 0 Å². The van der Waals surface area contributed by atoms with E-state index in [1.165, 1.54) is 12.1 Å². The van der Waals surface area contributed by atoms with E-state index < -0.39 is 0 Å². The van der Waals surface area contributed by atoms with Crippen molar-refractivity contribution >= 4 is 27.6 Å². The van der Waals surface area contributed by atoms with E-state index >= 15 is 0 Å². The highest BCUT2D eigenvalue weighted by Crippen LogP contribution is 2.33. The second-order valence-corrected chi connectivity index (χ2v) is 7.25. The minimum absolute atomic E-state index is 0.103. The molecule has 4 rings (SSSR count). The second-order valence-electron chi connectivity index (χ2n) is 6.34. The lowest BCUT2D eigenvalue weighted by Gasteiger charge is -2.24. The lowest BCUT2D eigenvalue weighted by Crippen LogP contribution is -2.20. The van der Waals surface area contributed by atoms with Crippen molar-refractivity contribution in [2.75, 3.05) is 11.9 Å². The van der Waals surface area contributed by atoms with Crippen molar-refractivity contribution < 1.29 is 9.50 Å². The summed E-state index contributed by atoms with van der Waals surface area (Å²) in [6.45, 7) is 0.103. The number of hydrogen-bond donors (Lipinski definition) is 2. The predicted octanol–water partition coefficient (Wildman–Crippen LogP) is 4.16. The summed E-state index contributed by atoms with van der Waals surface area (Å²) in [6.07, 6.45) is 3.28. The van der Waals surface area contributed by atoms with Crippen LogP contribution in [0.5, 0.6) is 0 Å². The number of fused-ring (bicyclic) bond motifs is 1. The fourth-order valence-corrected chi connectivity index (χ4v) is 3.52. The monoisotopic (exact) mass is 428 g/mol. The zero-order valence-electron chi connectivity index (χ0n) is 14.4. The Kier molecular flexibility index (Phi) is 5.05. The minimum Gasteiger partial charge on any atom is -0.396 e. The van der Waals surface area contributed by atoms with E-state index in [9.17, 15) is 4.39 Å². The number of hydrogen-bond acceptors (Lipinski definition) is 4. The van der Waals surface area contributed by atoms with Crippen LogP contribution in [0.4, 0.5) is 10.3 Å². The van der Waals surface area contributed by atoms with Gasteiger partial charge in [0.2, 0.25) is 5.95 Å². The highest BCUT2D eigenvalue weighted by atomic mass is 79.9. The number of aryl methyl sites for hydroxylation is 1. The van der Waals surface area contributed by atoms with Gasteiger partial charge < -0.3 is 10.4 Å². The quantitative estimate of drug-likeness (QED) is 0.640. The smallest absolute Gasteiger partial charge is 0.226 e. The fourth-order valence-electron chi connectivity index (χ4n) is 3.11. The number of allylic oxidation sites excluding steroid dienone is 1. The summed E-state index contributed by atoms with van der Waals surface area (Å²) in [6, 6.07) is 14.3. The molecule has 0 bridgehead atoms. The molecular formula is C20H18BrFN4O. The first-order valence-electron chi connectivity index (χ1n) is 8.70. The van der Waals surface area contributed by atoms with Gasteiger partial charge in [0, 0.05) is 23.2 Å². The molecule has 3 aromatic rings. The second kappa shape index (κ2) is 7.62. The third kappa shape index (κ3) is 3.79. The van der Waals surface area contributed by atoms with Gasteiger partial charge in [0.1, 0.15) is 11.9 Å². The highest BCUT2D eigenvalue weighted by molar-refractivity contribution is 9.10. The summed E-state index contributed by atoms with van der Waals surface area (Å²) in [5, 5.41) is 17.0. The van der Waals surface area contributed by atoms with E-state index in [2.05, 4.69) is 37.4 Å². The van der Waals surface area contributed by atoms with Gasteiger partial charge in [0.25, 0.3) is 0 Å². The summed E-state index contributed by atoms with van der Waals surface area (Å²) < 4.78 is 16.1. The number of aliphatic hydroxyl groups is 1. The molecule has 0 saturated heterocycles. The topological polar surface area (TPSA) is 63.0 Å². The summed E-state index contributed by atoms with van der Waals surface area (Å²) in [5.74, 6) is 1.04. The zero-order chi connectivity index (χ0) is 18.8. The van der Waals surface area contributed by atoms with E-state index in [0.717, 1.165) is 21.3 Å². The molecule has 1 aromatic heterocycles. The average Bonchev–Trinajstić information content (AvgIpc) is 3.09. The summed E-state index contributed by atoms with van der Waals surface area (Å²) >= 11 is 3.53. The highest BCUT2D eigenvalue weighted by Gasteiger charge is 2.25. The summed E-state index contributed by atoms with van der Waals surface area (Å²) in [7, 11) is 0. The standard InChI is InChI=1S/C20H18BrFN4O/c21-15-4-1-3-14(11-15)18-12-17(13-6-8-16(22)9-7-13)23-20-24-19(5-2-10-27)25-26(18)20/h1,3-4,6-9,11-12,18,27H,2,5,10H2,(H,23,24,25)/t18-/m0/s1. The van der Waals surface area contributed by atoms with Crippen LogP contribution in [0.2, 0.25) is 0 Å². The van der Waals surface area contributed by atoms with E-state index in [1.54, 1.807) is 12.1 Å². The number of aliphatic hydroxyl groups excluding tert-OH is 1. The molecule has 0 unspecified atom stereocenters. The molecule has 0 spiro atoms. The maximum Gasteiger partial charge on any atom is 0.226 e. The van der Waals surface area contributed by atoms with Crippen molar-refractivity contribution in [2.45, 2.75) is 18.9 Å². The Morgan fingerprint density at radius 1 is 1.19 bits per heavy atom. The van der Waals surface area contributed by atoms with Crippen LogP contribution >= 0.6 is 15.9 Å². The Labute approximate surface area is 164 Å². The molecule has 5 nitrogen and oxygen atoms in total. The molecule has 0 aliphatic carbocycles. The molecule has 2 N–H and O–H groups in total. The first-order chi connectivity index (χ1) is 13.1. The Balaban J connectivity index is 1.77. The molecule has 0 amide bonds. The zero-order valence-corrected chi connectivity index (χ0v) is 16.0. The first kappa shape index (κ1) is 17.9. The van der Waals surface area contributed by atoms with Crippen LogP contribution in [-0.2, 0) is 6.42 Å². The van der Waals surface area contributed by atoms with Gasteiger partial charge >= 0.3 is 0 Å². The molecule has 2 heterocycles. The lowest BCUT2D eigenvalue weighted by molar-refractivity contribution is 0.287. The van der Waals surface area contributed by atoms with E-state index in [4.69, 9.17) is 5.11 Å². The van der Waals surface area contributed by atoms with Gasteiger partial charge in [-0.1, -0.05) is 28.1 Å². The molecule has 1 aliphatic rings. The van der Waals surface area contributed by atoms with E-state index in [0.29, 0.717) is 24.6 Å². The maximum atomic E-state index is 13.3. The number of anilines is 1. The first-order valence-corrected chi connectivity index (χ1v) is 9.50. The number of aromatic nitrogens is 3. The third-order valence-electron chi connectivity index (χ3n) is 4.41. The van der Waals surface area contributed by atoms with Crippen molar-refractivity contribution in [1.82, 2.24) is 14.8 Å². The van der Waals surface area contributed by atoms with Crippen molar-refractivity contribution in [2.24, 2.45) is 0 Å². The molecule has 27 heavy (non-hydrogen) atoms. The molecule has 2 aromatic carbocycles. The van der Waals surface area contributed by atoms with Crippen LogP contribution in [0.25, 0.3) is 5.70 Å². The lowest BCUT2D eigenvalue weighted by atomic mass is 10.0. The van der Waals surface area contributed by atoms with Crippen molar-refractivity contribution in [3.05, 3.63) is 81.8 Å². The molecular weight excluding hydrogens is 411 g/mol. The van der Waals surface area contributed by atoms with Gasteiger partial charge in [-0.15, -0.1) is 0 Å². The molecule has 7 heteroatoms. The van der Waals surface area contributed by atoms with Gasteiger partial charge in [-0.05, 0) is 60.0 Å². The Morgan fingerprint density at radius 3 is 2.74 bits per heavy atom. The molecule has 1 atom stereocenters. The van der Waals surface area contributed by atoms with Crippen molar-refractivity contribution in [3.63, 3.8) is 0 Å². The molecule has 138 valence electrons. The number of nitrogens with zero attached hydrogens (tertiary/aromatic N) is 3. The number of rotatable bonds is 5. The molecule has 1 aliphatic heterocycles. The van der Waals surface area contributed by atoms with Crippen LogP contribution < -0.4 is 5.32 Å². The van der Waals surface area contributed by atoms with Gasteiger partial charge in [-0.2, -0.15) is 10.1 Å². The Hall–Kier alpha value is -2.51. The van der Waals surface area contributed by atoms with Crippen LogP contribution in [0.3, 0.4) is 0 Å². The van der Waals surface area contributed by atoms with E-state index in [-0.39, 0.29) is 18.5 Å². The SMILES string of the molecule is OCCCc1nc2n(n1)[C@H](c1cccc(Br)c1)C=C(c1ccc(F)cc1)N2. The molecule has 0 fully saturated rings. The van der Waals surface area contributed by atoms with Crippen LogP contribution in [0, 0.1) is 5.82 Å². The average molecular weight is 429 g/mol. The Bertz CT molecular complexity index is 984. The minimum atomic E-state index is -0.270.